The first-order valence-electron chi connectivity index (χ1n) is 11.8. The Bertz CT molecular complexity index is 688. The van der Waals surface area contributed by atoms with Gasteiger partial charge in [0, 0.05) is 58.5 Å². The van der Waals surface area contributed by atoms with Crippen LogP contribution in [0.3, 0.4) is 0 Å². The first-order valence-corrected chi connectivity index (χ1v) is 11.8. The van der Waals surface area contributed by atoms with Crippen molar-refractivity contribution in [3.63, 3.8) is 0 Å². The van der Waals surface area contributed by atoms with E-state index in [1.807, 2.05) is 20.8 Å². The molecule has 9 heteroatoms. The number of piperazine rings is 1. The third-order valence-corrected chi connectivity index (χ3v) is 5.23. The van der Waals surface area contributed by atoms with Gasteiger partial charge in [0.15, 0.2) is 5.96 Å². The molecule has 1 aromatic rings. The van der Waals surface area contributed by atoms with E-state index in [1.165, 1.54) is 12.1 Å². The molecule has 1 heterocycles. The number of aliphatic imine (C=N–C) groups is 1. The van der Waals surface area contributed by atoms with Gasteiger partial charge in [0.2, 0.25) is 0 Å². The zero-order chi connectivity index (χ0) is 23.2. The number of nitrogens with zero attached hydrogens (tertiary/aromatic N) is 3. The van der Waals surface area contributed by atoms with E-state index in [9.17, 15) is 4.79 Å². The van der Waals surface area contributed by atoms with Gasteiger partial charge in [-0.25, -0.2) is 4.79 Å². The molecule has 0 unspecified atom stereocenters. The van der Waals surface area contributed by atoms with Gasteiger partial charge in [-0.15, -0.1) is 24.0 Å². The fourth-order valence-electron chi connectivity index (χ4n) is 3.56. The van der Waals surface area contributed by atoms with Gasteiger partial charge in [0.25, 0.3) is 0 Å². The predicted molar refractivity (Wildman–Crippen MR) is 148 cm³/mol. The lowest BCUT2D eigenvalue weighted by Gasteiger charge is -2.36. The van der Waals surface area contributed by atoms with Crippen molar-refractivity contribution in [2.24, 2.45) is 4.99 Å². The van der Waals surface area contributed by atoms with Crippen LogP contribution in [0.4, 0.5) is 10.5 Å². The maximum atomic E-state index is 11.6. The van der Waals surface area contributed by atoms with Crippen LogP contribution in [0.2, 0.25) is 0 Å². The number of ether oxygens (including phenoxy) is 1. The van der Waals surface area contributed by atoms with Crippen molar-refractivity contribution in [2.75, 3.05) is 64.3 Å². The van der Waals surface area contributed by atoms with E-state index in [4.69, 9.17) is 4.74 Å². The van der Waals surface area contributed by atoms with E-state index < -0.39 is 5.60 Å². The van der Waals surface area contributed by atoms with Gasteiger partial charge in [-0.1, -0.05) is 18.2 Å². The van der Waals surface area contributed by atoms with Gasteiger partial charge in [-0.3, -0.25) is 9.89 Å². The lowest BCUT2D eigenvalue weighted by Crippen LogP contribution is -2.46. The number of guanidine groups is 1. The van der Waals surface area contributed by atoms with Crippen molar-refractivity contribution < 1.29 is 9.53 Å². The summed E-state index contributed by atoms with van der Waals surface area (Å²) < 4.78 is 5.22. The number of hydrogen-bond donors (Lipinski definition) is 3. The van der Waals surface area contributed by atoms with Gasteiger partial charge in [-0.2, -0.15) is 0 Å². The number of alkyl carbamates (subject to hydrolysis) is 1. The molecule has 0 atom stereocenters. The molecule has 0 radical (unpaired) electrons. The van der Waals surface area contributed by atoms with Crippen LogP contribution < -0.4 is 20.9 Å². The Morgan fingerprint density at radius 1 is 0.939 bits per heavy atom. The normalized spacial score (nSPS) is 14.9. The van der Waals surface area contributed by atoms with Gasteiger partial charge < -0.3 is 25.6 Å². The molecule has 0 aromatic heterocycles. The summed E-state index contributed by atoms with van der Waals surface area (Å²) in [6.45, 7) is 13.4. The monoisotopic (exact) mass is 574 g/mol. The number of anilines is 1. The molecule has 3 N–H and O–H groups in total. The number of para-hydroxylation sites is 1. The number of hydrogen-bond acceptors (Lipinski definition) is 5. The summed E-state index contributed by atoms with van der Waals surface area (Å²) >= 11 is 0. The second-order valence-corrected chi connectivity index (χ2v) is 9.08. The second kappa shape index (κ2) is 16.0. The van der Waals surface area contributed by atoms with Crippen LogP contribution >= 0.6 is 24.0 Å². The van der Waals surface area contributed by atoms with Gasteiger partial charge in [0.05, 0.1) is 0 Å². The van der Waals surface area contributed by atoms with Crippen LogP contribution in [-0.2, 0) is 4.74 Å². The molecular formula is C24H43IN6O2. The van der Waals surface area contributed by atoms with E-state index >= 15 is 0 Å². The molecule has 1 aliphatic heterocycles. The zero-order valence-electron chi connectivity index (χ0n) is 20.7. The molecule has 0 aliphatic carbocycles. The molecule has 1 aromatic carbocycles. The highest BCUT2D eigenvalue weighted by Gasteiger charge is 2.17. The van der Waals surface area contributed by atoms with Crippen LogP contribution in [0.5, 0.6) is 0 Å². The van der Waals surface area contributed by atoms with Crippen molar-refractivity contribution in [3.05, 3.63) is 30.3 Å². The molecule has 0 spiro atoms. The third-order valence-electron chi connectivity index (χ3n) is 5.23. The van der Waals surface area contributed by atoms with E-state index in [2.05, 4.69) is 61.1 Å². The molecule has 0 bridgehead atoms. The zero-order valence-corrected chi connectivity index (χ0v) is 23.1. The minimum atomic E-state index is -0.467. The van der Waals surface area contributed by atoms with Crippen molar-refractivity contribution in [2.45, 2.75) is 45.6 Å². The van der Waals surface area contributed by atoms with Crippen molar-refractivity contribution in [1.82, 2.24) is 20.9 Å². The molecule has 2 rings (SSSR count). The first-order chi connectivity index (χ1) is 15.4. The topological polar surface area (TPSA) is 81.2 Å². The standard InChI is InChI=1S/C24H42N6O2.HI/c1-24(2,3)32-23(31)28-15-10-14-27-22(25-4)26-13-8-9-16-29-17-19-30(20-18-29)21-11-6-5-7-12-21;/h5-7,11-12H,8-10,13-20H2,1-4H3,(H,28,31)(H2,25,26,27);1H. The SMILES string of the molecule is CN=C(NCCCCN1CCN(c2ccccc2)CC1)NCCCNC(=O)OC(C)(C)C.I. The number of halogens is 1. The highest BCUT2D eigenvalue weighted by atomic mass is 127. The maximum absolute atomic E-state index is 11.6. The highest BCUT2D eigenvalue weighted by Crippen LogP contribution is 2.15. The minimum Gasteiger partial charge on any atom is -0.444 e. The van der Waals surface area contributed by atoms with Crippen molar-refractivity contribution >= 4 is 41.7 Å². The average molecular weight is 575 g/mol. The molecule has 188 valence electrons. The Kier molecular flexibility index (Phi) is 14.2. The van der Waals surface area contributed by atoms with E-state index in [1.54, 1.807) is 7.05 Å². The average Bonchev–Trinajstić information content (AvgIpc) is 2.77. The van der Waals surface area contributed by atoms with Crippen molar-refractivity contribution in [1.29, 1.82) is 0 Å². The van der Waals surface area contributed by atoms with Gasteiger partial charge in [0.1, 0.15) is 5.60 Å². The number of unbranched alkanes of at least 4 members (excludes halogenated alkanes) is 1. The molecule has 33 heavy (non-hydrogen) atoms. The third kappa shape index (κ3) is 12.9. The lowest BCUT2D eigenvalue weighted by atomic mass is 10.2. The summed E-state index contributed by atoms with van der Waals surface area (Å²) in [6.07, 6.45) is 2.71. The highest BCUT2D eigenvalue weighted by molar-refractivity contribution is 14.0. The second-order valence-electron chi connectivity index (χ2n) is 9.08. The van der Waals surface area contributed by atoms with E-state index in [0.29, 0.717) is 6.54 Å². The number of amides is 1. The number of nitrogens with one attached hydrogen (secondary N) is 3. The molecule has 0 saturated carbocycles. The number of rotatable bonds is 10. The Morgan fingerprint density at radius 2 is 1.55 bits per heavy atom. The first kappa shape index (κ1) is 29.3. The molecule has 8 nitrogen and oxygen atoms in total. The number of carbonyl (C=O) groups is 1. The van der Waals surface area contributed by atoms with Gasteiger partial charge >= 0.3 is 6.09 Å². The molecule has 1 aliphatic rings. The van der Waals surface area contributed by atoms with E-state index in [0.717, 1.165) is 64.6 Å². The summed E-state index contributed by atoms with van der Waals surface area (Å²) in [7, 11) is 1.78. The van der Waals surface area contributed by atoms with Crippen LogP contribution in [0.1, 0.15) is 40.0 Å². The largest absolute Gasteiger partial charge is 0.444 e. The molecule has 1 amide bonds. The summed E-state index contributed by atoms with van der Waals surface area (Å²) in [5.74, 6) is 0.804. The van der Waals surface area contributed by atoms with Crippen LogP contribution in [0, 0.1) is 0 Å². The summed E-state index contributed by atoms with van der Waals surface area (Å²) in [5.41, 5.74) is 0.862. The predicted octanol–water partition coefficient (Wildman–Crippen LogP) is 3.29. The van der Waals surface area contributed by atoms with Crippen LogP contribution in [-0.4, -0.2) is 82.0 Å². The van der Waals surface area contributed by atoms with Gasteiger partial charge in [-0.05, 0) is 58.7 Å². The van der Waals surface area contributed by atoms with Crippen LogP contribution in [0.15, 0.2) is 35.3 Å². The minimum absolute atomic E-state index is 0. The summed E-state index contributed by atoms with van der Waals surface area (Å²) in [6, 6.07) is 10.7. The Hall–Kier alpha value is -1.75. The molecule has 1 fully saturated rings. The van der Waals surface area contributed by atoms with Crippen molar-refractivity contribution in [3.8, 4) is 0 Å². The molecule has 1 saturated heterocycles. The fourth-order valence-corrected chi connectivity index (χ4v) is 3.56. The smallest absolute Gasteiger partial charge is 0.407 e. The Balaban J connectivity index is 0.00000544. The Labute approximate surface area is 216 Å². The number of benzene rings is 1. The quantitative estimate of drug-likeness (QED) is 0.172. The Morgan fingerprint density at radius 3 is 2.15 bits per heavy atom. The van der Waals surface area contributed by atoms with Crippen LogP contribution in [0.25, 0.3) is 0 Å². The fraction of sp³-hybridized carbons (Fsp3) is 0.667. The molecular weight excluding hydrogens is 531 g/mol. The lowest BCUT2D eigenvalue weighted by molar-refractivity contribution is 0.0527. The van der Waals surface area contributed by atoms with E-state index in [-0.39, 0.29) is 30.1 Å². The number of carbonyl (C=O) groups excluding carboxylic acids is 1. The summed E-state index contributed by atoms with van der Waals surface area (Å²) in [4.78, 5) is 20.9. The maximum Gasteiger partial charge on any atom is 0.407 e. The summed E-state index contributed by atoms with van der Waals surface area (Å²) in [5, 5.41) is 9.41.